The third kappa shape index (κ3) is 3.70. The predicted molar refractivity (Wildman–Crippen MR) is 77.0 cm³/mol. The molecule has 2 rings (SSSR count). The Labute approximate surface area is 127 Å². The molecule has 1 aromatic carbocycles. The Hall–Kier alpha value is -1.78. The molecule has 0 aliphatic heterocycles. The first kappa shape index (κ1) is 16.6. The Bertz CT molecular complexity index is 565. The molecule has 0 heterocycles. The fraction of sp³-hybridized carbons (Fsp3) is 0.471. The molecule has 1 aromatic rings. The van der Waals surface area contributed by atoms with Crippen LogP contribution in [0.4, 0.5) is 13.2 Å². The minimum atomic E-state index is -1.44. The van der Waals surface area contributed by atoms with Crippen LogP contribution in [0.2, 0.25) is 0 Å². The van der Waals surface area contributed by atoms with Gasteiger partial charge in [0.15, 0.2) is 17.5 Å². The summed E-state index contributed by atoms with van der Waals surface area (Å²) >= 11 is 0. The lowest BCUT2D eigenvalue weighted by atomic mass is 9.78. The van der Waals surface area contributed by atoms with E-state index in [9.17, 15) is 18.0 Å². The quantitative estimate of drug-likeness (QED) is 0.640. The van der Waals surface area contributed by atoms with Gasteiger partial charge in [-0.05, 0) is 61.6 Å². The Morgan fingerprint density at radius 1 is 1.18 bits per heavy atom. The van der Waals surface area contributed by atoms with Crippen LogP contribution in [0.15, 0.2) is 23.8 Å². The van der Waals surface area contributed by atoms with Gasteiger partial charge in [0.1, 0.15) is 0 Å². The molecule has 120 valence electrons. The molecule has 1 N–H and O–H groups in total. The van der Waals surface area contributed by atoms with Crippen LogP contribution in [0, 0.1) is 23.4 Å². The van der Waals surface area contributed by atoms with Crippen LogP contribution in [0.5, 0.6) is 0 Å². The van der Waals surface area contributed by atoms with E-state index in [1.54, 1.807) is 13.0 Å². The molecular weight excluding hydrogens is 293 g/mol. The van der Waals surface area contributed by atoms with Crippen LogP contribution in [0.25, 0.3) is 0 Å². The molecule has 2 nitrogen and oxygen atoms in total. The first-order valence-corrected chi connectivity index (χ1v) is 7.50. The zero-order valence-electron chi connectivity index (χ0n) is 12.4. The average Bonchev–Trinajstić information content (AvgIpc) is 2.50. The number of halogens is 3. The number of carboxylic acid groups (broad SMARTS) is 1. The topological polar surface area (TPSA) is 37.3 Å². The van der Waals surface area contributed by atoms with E-state index in [2.05, 4.69) is 0 Å². The van der Waals surface area contributed by atoms with E-state index in [0.29, 0.717) is 30.4 Å². The zero-order chi connectivity index (χ0) is 16.3. The van der Waals surface area contributed by atoms with Gasteiger partial charge in [-0.1, -0.05) is 13.0 Å². The summed E-state index contributed by atoms with van der Waals surface area (Å²) in [6, 6.07) is 2.13. The van der Waals surface area contributed by atoms with Crippen molar-refractivity contribution in [3.8, 4) is 0 Å². The van der Waals surface area contributed by atoms with Crippen molar-refractivity contribution in [1.82, 2.24) is 0 Å². The molecule has 0 aromatic heterocycles. The molecule has 1 saturated carbocycles. The highest BCUT2D eigenvalue weighted by Gasteiger charge is 2.24. The van der Waals surface area contributed by atoms with Crippen molar-refractivity contribution in [2.75, 3.05) is 0 Å². The van der Waals surface area contributed by atoms with Crippen LogP contribution in [-0.4, -0.2) is 11.1 Å². The summed E-state index contributed by atoms with van der Waals surface area (Å²) in [5, 5.41) is 9.03. The van der Waals surface area contributed by atoms with E-state index in [-0.39, 0.29) is 11.8 Å². The molecule has 0 amide bonds. The molecule has 1 aliphatic rings. The van der Waals surface area contributed by atoms with E-state index in [1.807, 2.05) is 0 Å². The summed E-state index contributed by atoms with van der Waals surface area (Å²) in [7, 11) is 0. The SMILES string of the molecule is CC/C(=C\C1CCC(c2cc(F)c(F)c(F)c2)CC1)C(=O)O. The van der Waals surface area contributed by atoms with Crippen molar-refractivity contribution in [1.29, 1.82) is 0 Å². The van der Waals surface area contributed by atoms with Gasteiger partial charge in [-0.15, -0.1) is 0 Å². The zero-order valence-corrected chi connectivity index (χ0v) is 12.4. The summed E-state index contributed by atoms with van der Waals surface area (Å²) in [6.45, 7) is 1.80. The maximum absolute atomic E-state index is 13.3. The Morgan fingerprint density at radius 2 is 1.73 bits per heavy atom. The summed E-state index contributed by atoms with van der Waals surface area (Å²) in [4.78, 5) is 11.0. The van der Waals surface area contributed by atoms with E-state index in [0.717, 1.165) is 25.0 Å². The van der Waals surface area contributed by atoms with Gasteiger partial charge in [0, 0.05) is 5.57 Å². The second-order valence-corrected chi connectivity index (χ2v) is 5.76. The van der Waals surface area contributed by atoms with E-state index in [4.69, 9.17) is 5.11 Å². The van der Waals surface area contributed by atoms with Gasteiger partial charge in [0.2, 0.25) is 0 Å². The van der Waals surface area contributed by atoms with Gasteiger partial charge in [0.05, 0.1) is 0 Å². The van der Waals surface area contributed by atoms with Crippen molar-refractivity contribution in [2.45, 2.75) is 44.9 Å². The average molecular weight is 312 g/mol. The number of rotatable bonds is 4. The van der Waals surface area contributed by atoms with Gasteiger partial charge in [0.25, 0.3) is 0 Å². The largest absolute Gasteiger partial charge is 0.478 e. The van der Waals surface area contributed by atoms with Gasteiger partial charge < -0.3 is 5.11 Å². The van der Waals surface area contributed by atoms with Crippen molar-refractivity contribution in [3.05, 3.63) is 46.8 Å². The second-order valence-electron chi connectivity index (χ2n) is 5.76. The number of aliphatic carboxylic acids is 1. The van der Waals surface area contributed by atoms with Crippen LogP contribution in [0.1, 0.15) is 50.5 Å². The Kier molecular flexibility index (Phi) is 5.27. The number of carboxylic acids is 1. The van der Waals surface area contributed by atoms with Crippen LogP contribution >= 0.6 is 0 Å². The van der Waals surface area contributed by atoms with Crippen molar-refractivity contribution < 1.29 is 23.1 Å². The van der Waals surface area contributed by atoms with Gasteiger partial charge in [-0.2, -0.15) is 0 Å². The molecule has 0 atom stereocenters. The maximum Gasteiger partial charge on any atom is 0.331 e. The lowest BCUT2D eigenvalue weighted by Crippen LogP contribution is -2.14. The lowest BCUT2D eigenvalue weighted by Gasteiger charge is -2.27. The monoisotopic (exact) mass is 312 g/mol. The molecule has 0 bridgehead atoms. The minimum Gasteiger partial charge on any atom is -0.478 e. The maximum atomic E-state index is 13.3. The Balaban J connectivity index is 2.05. The molecule has 1 fully saturated rings. The first-order valence-electron chi connectivity index (χ1n) is 7.50. The first-order chi connectivity index (χ1) is 10.4. The summed E-state index contributed by atoms with van der Waals surface area (Å²) in [6.07, 6.45) is 5.22. The number of allylic oxidation sites excluding steroid dienone is 1. The van der Waals surface area contributed by atoms with Crippen LogP contribution in [0.3, 0.4) is 0 Å². The molecular formula is C17H19F3O2. The fourth-order valence-electron chi connectivity index (χ4n) is 3.05. The number of hydrogen-bond donors (Lipinski definition) is 1. The molecule has 1 aliphatic carbocycles. The molecule has 0 unspecified atom stereocenters. The van der Waals surface area contributed by atoms with Gasteiger partial charge in [-0.25, -0.2) is 18.0 Å². The van der Waals surface area contributed by atoms with Gasteiger partial charge >= 0.3 is 5.97 Å². The third-order valence-corrected chi connectivity index (χ3v) is 4.34. The highest BCUT2D eigenvalue weighted by Crippen LogP contribution is 2.37. The smallest absolute Gasteiger partial charge is 0.331 e. The lowest BCUT2D eigenvalue weighted by molar-refractivity contribution is -0.132. The van der Waals surface area contributed by atoms with Crippen LogP contribution in [-0.2, 0) is 4.79 Å². The second kappa shape index (κ2) is 6.99. The predicted octanol–water partition coefficient (Wildman–Crippen LogP) is 4.80. The summed E-state index contributed by atoms with van der Waals surface area (Å²) in [5.41, 5.74) is 0.884. The summed E-state index contributed by atoms with van der Waals surface area (Å²) < 4.78 is 39.6. The standard InChI is InChI=1S/C17H19F3O2/c1-2-11(17(21)22)7-10-3-5-12(6-4-10)13-8-14(18)16(20)15(19)9-13/h7-10,12H,2-6H2,1H3,(H,21,22)/b11-7+. The number of carbonyl (C=O) groups is 1. The molecule has 5 heteroatoms. The third-order valence-electron chi connectivity index (χ3n) is 4.34. The summed E-state index contributed by atoms with van der Waals surface area (Å²) in [5.74, 6) is -4.48. The van der Waals surface area contributed by atoms with E-state index >= 15 is 0 Å². The number of benzene rings is 1. The molecule has 0 spiro atoms. The number of hydrogen-bond acceptors (Lipinski definition) is 1. The minimum absolute atomic E-state index is 0.0100. The van der Waals surface area contributed by atoms with Crippen molar-refractivity contribution >= 4 is 5.97 Å². The van der Waals surface area contributed by atoms with Gasteiger partial charge in [-0.3, -0.25) is 0 Å². The fourth-order valence-corrected chi connectivity index (χ4v) is 3.05. The normalized spacial score (nSPS) is 22.6. The van der Waals surface area contributed by atoms with Crippen molar-refractivity contribution in [3.63, 3.8) is 0 Å². The van der Waals surface area contributed by atoms with Crippen LogP contribution < -0.4 is 0 Å². The molecule has 0 radical (unpaired) electrons. The van der Waals surface area contributed by atoms with E-state index in [1.165, 1.54) is 0 Å². The highest BCUT2D eigenvalue weighted by molar-refractivity contribution is 5.86. The molecule has 0 saturated heterocycles. The highest BCUT2D eigenvalue weighted by atomic mass is 19.2. The molecule has 22 heavy (non-hydrogen) atoms. The van der Waals surface area contributed by atoms with Crippen molar-refractivity contribution in [2.24, 2.45) is 5.92 Å². The van der Waals surface area contributed by atoms with E-state index < -0.39 is 23.4 Å². The Morgan fingerprint density at radius 3 is 2.18 bits per heavy atom.